The smallest absolute Gasteiger partial charge is 0.306 e. The van der Waals surface area contributed by atoms with Crippen LogP contribution in [-0.2, 0) is 20.7 Å². The van der Waals surface area contributed by atoms with Crippen molar-refractivity contribution in [2.45, 2.75) is 33.1 Å². The molecule has 0 heterocycles. The minimum absolute atomic E-state index is 0.0382. The van der Waals surface area contributed by atoms with Crippen LogP contribution in [-0.4, -0.2) is 30.8 Å². The fourth-order valence-corrected chi connectivity index (χ4v) is 2.65. The van der Waals surface area contributed by atoms with Crippen molar-refractivity contribution < 1.29 is 19.1 Å². The van der Waals surface area contributed by atoms with E-state index in [0.717, 1.165) is 16.7 Å². The van der Waals surface area contributed by atoms with E-state index in [1.807, 2.05) is 62.4 Å². The van der Waals surface area contributed by atoms with Gasteiger partial charge in [-0.2, -0.15) is 0 Å². The van der Waals surface area contributed by atoms with E-state index in [1.165, 1.54) is 0 Å². The highest BCUT2D eigenvalue weighted by Gasteiger charge is 2.13. The SMILES string of the molecule is Cc1ccc(C)c(C(=O)CCC(=O)OCC(=O)NCCc2ccccc2)c1. The summed E-state index contributed by atoms with van der Waals surface area (Å²) in [5, 5.41) is 2.71. The Morgan fingerprint density at radius 3 is 2.44 bits per heavy atom. The number of Topliss-reactive ketones (excluding diaryl/α,β-unsaturated/α-hetero) is 1. The maximum Gasteiger partial charge on any atom is 0.306 e. The molecule has 0 atom stereocenters. The molecule has 0 aliphatic rings. The number of hydrogen-bond donors (Lipinski definition) is 1. The maximum absolute atomic E-state index is 12.2. The molecule has 0 bridgehead atoms. The second kappa shape index (κ2) is 10.3. The topological polar surface area (TPSA) is 72.5 Å². The highest BCUT2D eigenvalue weighted by molar-refractivity contribution is 5.99. The van der Waals surface area contributed by atoms with E-state index < -0.39 is 5.97 Å². The Hall–Kier alpha value is -2.95. The van der Waals surface area contributed by atoms with Crippen molar-refractivity contribution in [2.75, 3.05) is 13.2 Å². The van der Waals surface area contributed by atoms with Crippen molar-refractivity contribution in [3.63, 3.8) is 0 Å². The molecule has 0 aromatic heterocycles. The van der Waals surface area contributed by atoms with E-state index in [-0.39, 0.29) is 31.1 Å². The lowest BCUT2D eigenvalue weighted by atomic mass is 9.99. The standard InChI is InChI=1S/C22H25NO4/c1-16-8-9-17(2)19(14-16)20(24)10-11-22(26)27-15-21(25)23-13-12-18-6-4-3-5-7-18/h3-9,14H,10-13,15H2,1-2H3,(H,23,25). The van der Waals surface area contributed by atoms with E-state index in [0.29, 0.717) is 18.5 Å². The van der Waals surface area contributed by atoms with Crippen LogP contribution in [0.2, 0.25) is 0 Å². The monoisotopic (exact) mass is 367 g/mol. The number of aryl methyl sites for hydroxylation is 2. The van der Waals surface area contributed by atoms with Gasteiger partial charge in [-0.3, -0.25) is 14.4 Å². The van der Waals surface area contributed by atoms with Crippen molar-refractivity contribution >= 4 is 17.7 Å². The lowest BCUT2D eigenvalue weighted by Gasteiger charge is -2.08. The zero-order valence-corrected chi connectivity index (χ0v) is 15.8. The predicted molar refractivity (Wildman–Crippen MR) is 104 cm³/mol. The number of esters is 1. The van der Waals surface area contributed by atoms with E-state index >= 15 is 0 Å². The number of amides is 1. The molecule has 142 valence electrons. The quantitative estimate of drug-likeness (QED) is 0.546. The van der Waals surface area contributed by atoms with Gasteiger partial charge >= 0.3 is 5.97 Å². The average molecular weight is 367 g/mol. The molecular weight excluding hydrogens is 342 g/mol. The Morgan fingerprint density at radius 1 is 0.963 bits per heavy atom. The van der Waals surface area contributed by atoms with Crippen molar-refractivity contribution in [3.05, 3.63) is 70.8 Å². The third-order valence-corrected chi connectivity index (χ3v) is 4.19. The Morgan fingerprint density at radius 2 is 1.70 bits per heavy atom. The molecule has 5 nitrogen and oxygen atoms in total. The molecule has 5 heteroatoms. The summed E-state index contributed by atoms with van der Waals surface area (Å²) < 4.78 is 4.94. The molecule has 0 spiro atoms. The number of carbonyl (C=O) groups is 3. The van der Waals surface area contributed by atoms with Crippen molar-refractivity contribution in [1.82, 2.24) is 5.32 Å². The van der Waals surface area contributed by atoms with Crippen LogP contribution in [0.1, 0.15) is 39.9 Å². The highest BCUT2D eigenvalue weighted by atomic mass is 16.5. The number of rotatable bonds is 9. The van der Waals surface area contributed by atoms with Crippen molar-refractivity contribution in [2.24, 2.45) is 0 Å². The number of benzene rings is 2. The molecule has 1 amide bonds. The Kier molecular flexibility index (Phi) is 7.74. The van der Waals surface area contributed by atoms with Crippen LogP contribution >= 0.6 is 0 Å². The Labute approximate surface area is 159 Å². The zero-order valence-electron chi connectivity index (χ0n) is 15.8. The summed E-state index contributed by atoms with van der Waals surface area (Å²) in [6.07, 6.45) is 0.743. The molecule has 0 saturated carbocycles. The van der Waals surface area contributed by atoms with E-state index in [9.17, 15) is 14.4 Å². The lowest BCUT2D eigenvalue weighted by Crippen LogP contribution is -2.30. The largest absolute Gasteiger partial charge is 0.456 e. The molecule has 0 fully saturated rings. The third-order valence-electron chi connectivity index (χ3n) is 4.19. The van der Waals surface area contributed by atoms with Crippen LogP contribution in [0.15, 0.2) is 48.5 Å². The minimum Gasteiger partial charge on any atom is -0.456 e. The average Bonchev–Trinajstić information content (AvgIpc) is 2.67. The van der Waals surface area contributed by atoms with Gasteiger partial charge in [0, 0.05) is 18.5 Å². The van der Waals surface area contributed by atoms with Crippen LogP contribution in [0, 0.1) is 13.8 Å². The van der Waals surface area contributed by atoms with Gasteiger partial charge in [0.05, 0.1) is 6.42 Å². The summed E-state index contributed by atoms with van der Waals surface area (Å²) in [6.45, 7) is 3.93. The molecule has 0 unspecified atom stereocenters. The van der Waals surface area contributed by atoms with Gasteiger partial charge in [0.1, 0.15) is 0 Å². The summed E-state index contributed by atoms with van der Waals surface area (Å²) >= 11 is 0. The molecule has 2 rings (SSSR count). The van der Waals surface area contributed by atoms with Gasteiger partial charge in [-0.25, -0.2) is 0 Å². The fraction of sp³-hybridized carbons (Fsp3) is 0.318. The molecule has 27 heavy (non-hydrogen) atoms. The van der Waals surface area contributed by atoms with Gasteiger partial charge in [0.2, 0.25) is 0 Å². The van der Waals surface area contributed by atoms with Gasteiger partial charge in [0.15, 0.2) is 12.4 Å². The summed E-state index contributed by atoms with van der Waals surface area (Å²) in [5.74, 6) is -0.993. The molecule has 0 radical (unpaired) electrons. The lowest BCUT2D eigenvalue weighted by molar-refractivity contribution is -0.148. The van der Waals surface area contributed by atoms with Gasteiger partial charge in [-0.1, -0.05) is 48.0 Å². The maximum atomic E-state index is 12.2. The fourth-order valence-electron chi connectivity index (χ4n) is 2.65. The van der Waals surface area contributed by atoms with Crippen LogP contribution < -0.4 is 5.32 Å². The highest BCUT2D eigenvalue weighted by Crippen LogP contribution is 2.14. The number of ketones is 1. The molecule has 0 saturated heterocycles. The summed E-state index contributed by atoms with van der Waals surface area (Å²) in [7, 11) is 0. The second-order valence-corrected chi connectivity index (χ2v) is 6.49. The van der Waals surface area contributed by atoms with Gasteiger partial charge in [-0.05, 0) is 37.5 Å². The van der Waals surface area contributed by atoms with Gasteiger partial charge in [0.25, 0.3) is 5.91 Å². The Bertz CT molecular complexity index is 799. The number of hydrogen-bond acceptors (Lipinski definition) is 4. The number of ether oxygens (including phenoxy) is 1. The van der Waals surface area contributed by atoms with Gasteiger partial charge < -0.3 is 10.1 Å². The summed E-state index contributed by atoms with van der Waals surface area (Å²) in [6, 6.07) is 15.4. The van der Waals surface area contributed by atoms with E-state index in [2.05, 4.69) is 5.32 Å². The zero-order chi connectivity index (χ0) is 19.6. The molecular formula is C22H25NO4. The summed E-state index contributed by atoms with van der Waals surface area (Å²) in [5.41, 5.74) is 3.64. The minimum atomic E-state index is -0.549. The normalized spacial score (nSPS) is 10.3. The van der Waals surface area contributed by atoms with E-state index in [4.69, 9.17) is 4.74 Å². The predicted octanol–water partition coefficient (Wildman–Crippen LogP) is 3.17. The summed E-state index contributed by atoms with van der Waals surface area (Å²) in [4.78, 5) is 35.7. The first-order valence-electron chi connectivity index (χ1n) is 9.02. The number of nitrogens with one attached hydrogen (secondary N) is 1. The second-order valence-electron chi connectivity index (χ2n) is 6.49. The van der Waals surface area contributed by atoms with Gasteiger partial charge in [-0.15, -0.1) is 0 Å². The van der Waals surface area contributed by atoms with Crippen LogP contribution in [0.3, 0.4) is 0 Å². The van der Waals surface area contributed by atoms with Crippen molar-refractivity contribution in [3.8, 4) is 0 Å². The molecule has 0 aliphatic carbocycles. The van der Waals surface area contributed by atoms with Crippen LogP contribution in [0.4, 0.5) is 0 Å². The van der Waals surface area contributed by atoms with Crippen LogP contribution in [0.25, 0.3) is 0 Å². The molecule has 0 aliphatic heterocycles. The first-order chi connectivity index (χ1) is 13.0. The molecule has 2 aromatic carbocycles. The first kappa shape index (κ1) is 20.4. The van der Waals surface area contributed by atoms with E-state index in [1.54, 1.807) is 0 Å². The molecule has 2 aromatic rings. The first-order valence-corrected chi connectivity index (χ1v) is 9.02. The Balaban J connectivity index is 1.66. The third kappa shape index (κ3) is 7.05. The molecule has 1 N–H and O–H groups in total. The van der Waals surface area contributed by atoms with Crippen molar-refractivity contribution in [1.29, 1.82) is 0 Å². The number of carbonyl (C=O) groups excluding carboxylic acids is 3. The van der Waals surface area contributed by atoms with Crippen LogP contribution in [0.5, 0.6) is 0 Å².